The minimum Gasteiger partial charge on any atom is -0.497 e. The molecule has 1 aromatic heterocycles. The number of aromatic nitrogens is 1. The van der Waals surface area contributed by atoms with Crippen LogP contribution in [0.4, 0.5) is 0 Å². The Bertz CT molecular complexity index is 1020. The molecule has 0 fully saturated rings. The summed E-state index contributed by atoms with van der Waals surface area (Å²) >= 11 is 0. The summed E-state index contributed by atoms with van der Waals surface area (Å²) in [6, 6.07) is 18.9. The van der Waals surface area contributed by atoms with E-state index in [-0.39, 0.29) is 0 Å². The van der Waals surface area contributed by atoms with Gasteiger partial charge in [-0.1, -0.05) is 35.9 Å². The predicted molar refractivity (Wildman–Crippen MR) is 115 cm³/mol. The zero-order valence-corrected chi connectivity index (χ0v) is 16.6. The maximum absolute atomic E-state index is 5.33. The van der Waals surface area contributed by atoms with Gasteiger partial charge in [-0.3, -0.25) is 0 Å². The van der Waals surface area contributed by atoms with Crippen LogP contribution in [0.5, 0.6) is 11.5 Å². The molecular formula is C25H25NO2. The SMILES string of the molecule is COc1ccc(-c2cc(-c3ccc(OC)cc3)n(C)c2CC2=CC=CC2)cc1. The van der Waals surface area contributed by atoms with E-state index in [2.05, 4.69) is 60.2 Å². The number of rotatable bonds is 6. The Balaban J connectivity index is 1.79. The average Bonchev–Trinajstić information content (AvgIpc) is 3.37. The standard InChI is InChI=1S/C25H25NO2/c1-26-24(20-10-14-22(28-3)15-11-20)17-23(19-8-12-21(27-2)13-9-19)25(26)16-18-6-4-5-7-18/h4-6,8-15,17H,7,16H2,1-3H3. The Morgan fingerprint density at radius 1 is 0.857 bits per heavy atom. The lowest BCUT2D eigenvalue weighted by Gasteiger charge is -2.11. The molecule has 0 amide bonds. The molecule has 2 aromatic carbocycles. The second-order valence-electron chi connectivity index (χ2n) is 7.04. The highest BCUT2D eigenvalue weighted by molar-refractivity contribution is 5.76. The summed E-state index contributed by atoms with van der Waals surface area (Å²) < 4.78 is 13.0. The van der Waals surface area contributed by atoms with Gasteiger partial charge in [0.25, 0.3) is 0 Å². The monoisotopic (exact) mass is 371 g/mol. The molecule has 3 heteroatoms. The summed E-state index contributed by atoms with van der Waals surface area (Å²) in [6.07, 6.45) is 8.58. The molecule has 0 saturated heterocycles. The zero-order chi connectivity index (χ0) is 19.5. The van der Waals surface area contributed by atoms with Crippen molar-refractivity contribution < 1.29 is 9.47 Å². The second-order valence-corrected chi connectivity index (χ2v) is 7.04. The van der Waals surface area contributed by atoms with Gasteiger partial charge in [0.15, 0.2) is 0 Å². The highest BCUT2D eigenvalue weighted by Gasteiger charge is 2.17. The molecule has 1 heterocycles. The highest BCUT2D eigenvalue weighted by atomic mass is 16.5. The molecule has 28 heavy (non-hydrogen) atoms. The van der Waals surface area contributed by atoms with Crippen molar-refractivity contribution in [1.82, 2.24) is 4.57 Å². The van der Waals surface area contributed by atoms with Gasteiger partial charge in [0.2, 0.25) is 0 Å². The fourth-order valence-corrected chi connectivity index (χ4v) is 3.75. The third kappa shape index (κ3) is 3.48. The minimum absolute atomic E-state index is 0.871. The first-order chi connectivity index (χ1) is 13.7. The molecule has 0 unspecified atom stereocenters. The van der Waals surface area contributed by atoms with Crippen LogP contribution in [0.3, 0.4) is 0 Å². The van der Waals surface area contributed by atoms with E-state index in [0.717, 1.165) is 24.3 Å². The van der Waals surface area contributed by atoms with Crippen LogP contribution in [0.15, 0.2) is 78.4 Å². The molecule has 0 radical (unpaired) electrons. The van der Waals surface area contributed by atoms with Gasteiger partial charge >= 0.3 is 0 Å². The fraction of sp³-hybridized carbons (Fsp3) is 0.200. The van der Waals surface area contributed by atoms with Crippen molar-refractivity contribution in [3.8, 4) is 33.9 Å². The van der Waals surface area contributed by atoms with E-state index in [1.165, 1.54) is 33.7 Å². The van der Waals surface area contributed by atoms with Crippen LogP contribution in [0, 0.1) is 0 Å². The van der Waals surface area contributed by atoms with Gasteiger partial charge in [-0.2, -0.15) is 0 Å². The van der Waals surface area contributed by atoms with Crippen molar-refractivity contribution >= 4 is 0 Å². The summed E-state index contributed by atoms with van der Waals surface area (Å²) in [5, 5.41) is 0. The van der Waals surface area contributed by atoms with Crippen LogP contribution in [0.25, 0.3) is 22.4 Å². The number of ether oxygens (including phenoxy) is 2. The van der Waals surface area contributed by atoms with Crippen molar-refractivity contribution in [2.45, 2.75) is 12.8 Å². The molecular weight excluding hydrogens is 346 g/mol. The van der Waals surface area contributed by atoms with Crippen molar-refractivity contribution in [2.75, 3.05) is 14.2 Å². The van der Waals surface area contributed by atoms with E-state index in [4.69, 9.17) is 9.47 Å². The topological polar surface area (TPSA) is 23.4 Å². The Kier molecular flexibility index (Phi) is 5.07. The molecule has 0 saturated carbocycles. The van der Waals surface area contributed by atoms with Gasteiger partial charge in [0.05, 0.1) is 14.2 Å². The number of hydrogen-bond acceptors (Lipinski definition) is 2. The Morgan fingerprint density at radius 2 is 1.46 bits per heavy atom. The van der Waals surface area contributed by atoms with Crippen LogP contribution in [-0.2, 0) is 13.5 Å². The van der Waals surface area contributed by atoms with E-state index in [0.29, 0.717) is 0 Å². The first kappa shape index (κ1) is 18.2. The van der Waals surface area contributed by atoms with Crippen LogP contribution >= 0.6 is 0 Å². The molecule has 0 atom stereocenters. The third-order valence-electron chi connectivity index (χ3n) is 5.39. The van der Waals surface area contributed by atoms with Crippen molar-refractivity contribution in [3.05, 3.63) is 84.1 Å². The molecule has 0 aliphatic heterocycles. The molecule has 3 aromatic rings. The molecule has 142 valence electrons. The number of benzene rings is 2. The first-order valence-corrected chi connectivity index (χ1v) is 9.51. The molecule has 0 spiro atoms. The van der Waals surface area contributed by atoms with E-state index >= 15 is 0 Å². The summed E-state index contributed by atoms with van der Waals surface area (Å²) in [5.41, 5.74) is 7.63. The summed E-state index contributed by atoms with van der Waals surface area (Å²) in [5.74, 6) is 1.75. The van der Waals surface area contributed by atoms with E-state index in [1.807, 2.05) is 24.3 Å². The number of allylic oxidation sites excluding steroid dienone is 4. The number of hydrogen-bond donors (Lipinski definition) is 0. The van der Waals surface area contributed by atoms with E-state index in [1.54, 1.807) is 14.2 Å². The molecule has 1 aliphatic rings. The summed E-state index contributed by atoms with van der Waals surface area (Å²) in [7, 11) is 5.55. The predicted octanol–water partition coefficient (Wildman–Crippen LogP) is 5.81. The number of methoxy groups -OCH3 is 2. The lowest BCUT2D eigenvalue weighted by molar-refractivity contribution is 0.415. The van der Waals surface area contributed by atoms with Crippen LogP contribution in [0.2, 0.25) is 0 Å². The Morgan fingerprint density at radius 3 is 2.00 bits per heavy atom. The molecule has 1 aliphatic carbocycles. The van der Waals surface area contributed by atoms with Crippen LogP contribution in [0.1, 0.15) is 12.1 Å². The maximum atomic E-state index is 5.33. The van der Waals surface area contributed by atoms with Gasteiger partial charge < -0.3 is 14.0 Å². The van der Waals surface area contributed by atoms with Gasteiger partial charge in [0, 0.05) is 30.4 Å². The van der Waals surface area contributed by atoms with Crippen molar-refractivity contribution in [2.24, 2.45) is 7.05 Å². The Labute approximate surface area is 166 Å². The highest BCUT2D eigenvalue weighted by Crippen LogP contribution is 2.35. The van der Waals surface area contributed by atoms with E-state index in [9.17, 15) is 0 Å². The Hall–Kier alpha value is -3.20. The lowest BCUT2D eigenvalue weighted by Crippen LogP contribution is -2.01. The van der Waals surface area contributed by atoms with Gasteiger partial charge in [0.1, 0.15) is 11.5 Å². The molecule has 3 nitrogen and oxygen atoms in total. The molecule has 0 bridgehead atoms. The fourth-order valence-electron chi connectivity index (χ4n) is 3.75. The average molecular weight is 371 g/mol. The minimum atomic E-state index is 0.871. The molecule has 4 rings (SSSR count). The normalized spacial score (nSPS) is 12.9. The van der Waals surface area contributed by atoms with Crippen molar-refractivity contribution in [3.63, 3.8) is 0 Å². The quantitative estimate of drug-likeness (QED) is 0.546. The first-order valence-electron chi connectivity index (χ1n) is 9.51. The van der Waals surface area contributed by atoms with Gasteiger partial charge in [-0.15, -0.1) is 0 Å². The zero-order valence-electron chi connectivity index (χ0n) is 16.6. The second kappa shape index (κ2) is 7.81. The summed E-state index contributed by atoms with van der Waals surface area (Å²) in [6.45, 7) is 0. The van der Waals surface area contributed by atoms with Crippen LogP contribution in [-0.4, -0.2) is 18.8 Å². The number of nitrogens with zero attached hydrogens (tertiary/aromatic N) is 1. The maximum Gasteiger partial charge on any atom is 0.118 e. The summed E-state index contributed by atoms with van der Waals surface area (Å²) in [4.78, 5) is 0. The van der Waals surface area contributed by atoms with Crippen LogP contribution < -0.4 is 9.47 Å². The molecule has 0 N–H and O–H groups in total. The van der Waals surface area contributed by atoms with E-state index < -0.39 is 0 Å². The van der Waals surface area contributed by atoms with Gasteiger partial charge in [-0.25, -0.2) is 0 Å². The third-order valence-corrected chi connectivity index (χ3v) is 5.39. The smallest absolute Gasteiger partial charge is 0.118 e. The largest absolute Gasteiger partial charge is 0.497 e. The lowest BCUT2D eigenvalue weighted by atomic mass is 10.0. The van der Waals surface area contributed by atoms with Gasteiger partial charge in [-0.05, 0) is 60.0 Å². The van der Waals surface area contributed by atoms with Crippen molar-refractivity contribution in [1.29, 1.82) is 0 Å².